The predicted molar refractivity (Wildman–Crippen MR) is 97.8 cm³/mol. The van der Waals surface area contributed by atoms with E-state index in [1.807, 2.05) is 24.3 Å². The van der Waals surface area contributed by atoms with Crippen molar-refractivity contribution in [2.75, 3.05) is 11.9 Å². The molecule has 2 aromatic rings. The van der Waals surface area contributed by atoms with Gasteiger partial charge in [0.15, 0.2) is 0 Å². The number of halogens is 1. The van der Waals surface area contributed by atoms with Crippen LogP contribution in [0.25, 0.3) is 0 Å². The number of carbonyl (C=O) groups is 1. The SMILES string of the molecule is Cc1cc2c(cc1C)CN(CC(=O)Nc1ccc(I)cc1)C2. The van der Waals surface area contributed by atoms with Crippen molar-refractivity contribution in [2.45, 2.75) is 26.9 Å². The molecule has 0 bridgehead atoms. The Hall–Kier alpha value is -1.40. The lowest BCUT2D eigenvalue weighted by atomic mass is 10.0. The summed E-state index contributed by atoms with van der Waals surface area (Å²) in [4.78, 5) is 14.4. The molecule has 1 aliphatic heterocycles. The molecule has 0 aromatic heterocycles. The molecule has 1 N–H and O–H groups in total. The minimum absolute atomic E-state index is 0.0439. The Kier molecular flexibility index (Phi) is 4.49. The molecule has 0 fully saturated rings. The Morgan fingerprint density at radius 1 is 1.09 bits per heavy atom. The molecule has 1 amide bonds. The number of rotatable bonds is 3. The van der Waals surface area contributed by atoms with Crippen molar-refractivity contribution in [1.29, 1.82) is 0 Å². The summed E-state index contributed by atoms with van der Waals surface area (Å²) in [7, 11) is 0. The number of benzene rings is 2. The van der Waals surface area contributed by atoms with Crippen molar-refractivity contribution >= 4 is 34.2 Å². The topological polar surface area (TPSA) is 32.3 Å². The van der Waals surface area contributed by atoms with Crippen LogP contribution in [-0.4, -0.2) is 17.4 Å². The summed E-state index contributed by atoms with van der Waals surface area (Å²) in [5, 5.41) is 2.96. The van der Waals surface area contributed by atoms with Crippen molar-refractivity contribution in [2.24, 2.45) is 0 Å². The molecule has 3 rings (SSSR count). The molecule has 1 heterocycles. The lowest BCUT2D eigenvalue weighted by molar-refractivity contribution is -0.117. The molecular formula is C18H19IN2O. The standard InChI is InChI=1S/C18H19IN2O/c1-12-7-14-9-21(10-15(14)8-13(12)2)11-18(22)20-17-5-3-16(19)4-6-17/h3-8H,9-11H2,1-2H3,(H,20,22). The quantitative estimate of drug-likeness (QED) is 0.786. The van der Waals surface area contributed by atoms with Crippen molar-refractivity contribution in [3.8, 4) is 0 Å². The highest BCUT2D eigenvalue weighted by Crippen LogP contribution is 2.25. The summed E-state index contributed by atoms with van der Waals surface area (Å²) in [5.41, 5.74) is 6.21. The van der Waals surface area contributed by atoms with Crippen LogP contribution in [0.5, 0.6) is 0 Å². The Bertz CT molecular complexity index is 679. The Balaban J connectivity index is 1.60. The van der Waals surface area contributed by atoms with E-state index in [2.05, 4.69) is 58.8 Å². The van der Waals surface area contributed by atoms with Gasteiger partial charge in [-0.25, -0.2) is 0 Å². The van der Waals surface area contributed by atoms with Gasteiger partial charge in [0.1, 0.15) is 0 Å². The fourth-order valence-electron chi connectivity index (χ4n) is 2.82. The zero-order chi connectivity index (χ0) is 15.7. The predicted octanol–water partition coefficient (Wildman–Crippen LogP) is 3.86. The molecule has 4 heteroatoms. The van der Waals surface area contributed by atoms with Crippen molar-refractivity contribution in [3.63, 3.8) is 0 Å². The third-order valence-electron chi connectivity index (χ3n) is 4.10. The molecule has 0 atom stereocenters. The maximum Gasteiger partial charge on any atom is 0.238 e. The van der Waals surface area contributed by atoms with E-state index in [-0.39, 0.29) is 5.91 Å². The first-order valence-corrected chi connectivity index (χ1v) is 8.46. The van der Waals surface area contributed by atoms with Crippen LogP contribution in [0.3, 0.4) is 0 Å². The summed E-state index contributed by atoms with van der Waals surface area (Å²) >= 11 is 2.25. The molecule has 0 aliphatic carbocycles. The van der Waals surface area contributed by atoms with Crippen LogP contribution in [-0.2, 0) is 17.9 Å². The molecule has 2 aromatic carbocycles. The first-order valence-electron chi connectivity index (χ1n) is 7.38. The second-order valence-corrected chi connectivity index (χ2v) is 7.15. The van der Waals surface area contributed by atoms with E-state index in [1.54, 1.807) is 0 Å². The average molecular weight is 406 g/mol. The van der Waals surface area contributed by atoms with Gasteiger partial charge in [0.2, 0.25) is 5.91 Å². The third-order valence-corrected chi connectivity index (χ3v) is 4.82. The summed E-state index contributed by atoms with van der Waals surface area (Å²) in [5.74, 6) is 0.0439. The van der Waals surface area contributed by atoms with E-state index < -0.39 is 0 Å². The maximum absolute atomic E-state index is 12.2. The first-order chi connectivity index (χ1) is 10.5. The Morgan fingerprint density at radius 2 is 1.64 bits per heavy atom. The summed E-state index contributed by atoms with van der Waals surface area (Å²) in [6, 6.07) is 12.4. The lowest BCUT2D eigenvalue weighted by Gasteiger charge is -2.14. The van der Waals surface area contributed by atoms with Crippen LogP contribution >= 0.6 is 22.6 Å². The highest BCUT2D eigenvalue weighted by atomic mass is 127. The van der Waals surface area contributed by atoms with E-state index >= 15 is 0 Å². The van der Waals surface area contributed by atoms with Crippen LogP contribution < -0.4 is 5.32 Å². The zero-order valence-corrected chi connectivity index (χ0v) is 15.0. The second kappa shape index (κ2) is 6.38. The summed E-state index contributed by atoms with van der Waals surface area (Å²) in [6.07, 6.45) is 0. The summed E-state index contributed by atoms with van der Waals surface area (Å²) < 4.78 is 1.16. The minimum Gasteiger partial charge on any atom is -0.325 e. The van der Waals surface area contributed by atoms with Gasteiger partial charge in [0, 0.05) is 22.3 Å². The average Bonchev–Trinajstić information content (AvgIpc) is 2.83. The molecule has 0 saturated heterocycles. The maximum atomic E-state index is 12.2. The third kappa shape index (κ3) is 3.50. The number of carbonyl (C=O) groups excluding carboxylic acids is 1. The lowest BCUT2D eigenvalue weighted by Crippen LogP contribution is -2.29. The second-order valence-electron chi connectivity index (χ2n) is 5.91. The number of anilines is 1. The number of fused-ring (bicyclic) bond motifs is 1. The van der Waals surface area contributed by atoms with E-state index in [1.165, 1.54) is 22.3 Å². The van der Waals surface area contributed by atoms with Crippen LogP contribution in [0.15, 0.2) is 36.4 Å². The molecule has 1 aliphatic rings. The fraction of sp³-hybridized carbons (Fsp3) is 0.278. The van der Waals surface area contributed by atoms with E-state index in [0.29, 0.717) is 6.54 Å². The first kappa shape index (κ1) is 15.5. The van der Waals surface area contributed by atoms with Crippen LogP contribution in [0.2, 0.25) is 0 Å². The monoisotopic (exact) mass is 406 g/mol. The molecule has 3 nitrogen and oxygen atoms in total. The van der Waals surface area contributed by atoms with Crippen molar-refractivity contribution < 1.29 is 4.79 Å². The van der Waals surface area contributed by atoms with Gasteiger partial charge >= 0.3 is 0 Å². The fourth-order valence-corrected chi connectivity index (χ4v) is 3.18. The number of hydrogen-bond acceptors (Lipinski definition) is 2. The van der Waals surface area contributed by atoms with Gasteiger partial charge < -0.3 is 5.32 Å². The Morgan fingerprint density at radius 3 is 2.18 bits per heavy atom. The van der Waals surface area contributed by atoms with Gasteiger partial charge in [-0.1, -0.05) is 12.1 Å². The largest absolute Gasteiger partial charge is 0.325 e. The smallest absolute Gasteiger partial charge is 0.238 e. The van der Waals surface area contributed by atoms with E-state index in [4.69, 9.17) is 0 Å². The van der Waals surface area contributed by atoms with E-state index in [0.717, 1.165) is 22.3 Å². The number of nitrogens with one attached hydrogen (secondary N) is 1. The number of nitrogens with zero attached hydrogens (tertiary/aromatic N) is 1. The number of hydrogen-bond donors (Lipinski definition) is 1. The highest BCUT2D eigenvalue weighted by molar-refractivity contribution is 14.1. The van der Waals surface area contributed by atoms with Crippen molar-refractivity contribution in [3.05, 3.63) is 62.2 Å². The van der Waals surface area contributed by atoms with Gasteiger partial charge in [0.05, 0.1) is 6.54 Å². The number of amides is 1. The molecule has 114 valence electrons. The van der Waals surface area contributed by atoms with Gasteiger partial charge in [-0.3, -0.25) is 9.69 Å². The molecule has 0 saturated carbocycles. The zero-order valence-electron chi connectivity index (χ0n) is 12.8. The molecule has 0 radical (unpaired) electrons. The molecule has 0 unspecified atom stereocenters. The highest BCUT2D eigenvalue weighted by Gasteiger charge is 2.21. The van der Waals surface area contributed by atoms with Gasteiger partial charge in [-0.05, 0) is 83.0 Å². The molecule has 0 spiro atoms. The molecule has 22 heavy (non-hydrogen) atoms. The Labute approximate surface area is 144 Å². The van der Waals surface area contributed by atoms with Gasteiger partial charge in [-0.15, -0.1) is 0 Å². The van der Waals surface area contributed by atoms with Crippen molar-refractivity contribution in [1.82, 2.24) is 4.90 Å². The van der Waals surface area contributed by atoms with Gasteiger partial charge in [0.25, 0.3) is 0 Å². The van der Waals surface area contributed by atoms with Crippen LogP contribution in [0.1, 0.15) is 22.3 Å². The number of aryl methyl sites for hydroxylation is 2. The van der Waals surface area contributed by atoms with Gasteiger partial charge in [-0.2, -0.15) is 0 Å². The van der Waals surface area contributed by atoms with E-state index in [9.17, 15) is 4.79 Å². The molecular weight excluding hydrogens is 387 g/mol. The van der Waals surface area contributed by atoms with Crippen LogP contribution in [0.4, 0.5) is 5.69 Å². The normalized spacial score (nSPS) is 14.0. The van der Waals surface area contributed by atoms with Crippen LogP contribution in [0, 0.1) is 17.4 Å². The minimum atomic E-state index is 0.0439. The summed E-state index contributed by atoms with van der Waals surface area (Å²) in [6.45, 7) is 6.43.